The van der Waals surface area contributed by atoms with Crippen molar-refractivity contribution in [2.45, 2.75) is 27.2 Å². The SMILES string of the molecule is CCCP(I)CC(C)C. The van der Waals surface area contributed by atoms with Crippen molar-refractivity contribution in [2.75, 3.05) is 12.3 Å². The highest BCUT2D eigenvalue weighted by atomic mass is 127. The summed E-state index contributed by atoms with van der Waals surface area (Å²) in [6.45, 7) is 6.89. The van der Waals surface area contributed by atoms with E-state index in [1.807, 2.05) is 0 Å². The van der Waals surface area contributed by atoms with Crippen LogP contribution in [0.1, 0.15) is 27.2 Å². The van der Waals surface area contributed by atoms with Gasteiger partial charge in [-0.05, 0) is 23.8 Å². The smallest absolute Gasteiger partial charge is 0.0212 e. The van der Waals surface area contributed by atoms with Gasteiger partial charge in [0.2, 0.25) is 0 Å². The Balaban J connectivity index is 3.15. The van der Waals surface area contributed by atoms with Crippen molar-refractivity contribution in [1.82, 2.24) is 0 Å². The highest BCUT2D eigenvalue weighted by molar-refractivity contribution is 14.2. The quantitative estimate of drug-likeness (QED) is 0.530. The molecule has 0 nitrogen and oxygen atoms in total. The van der Waals surface area contributed by atoms with Crippen molar-refractivity contribution in [2.24, 2.45) is 5.92 Å². The fourth-order valence-corrected chi connectivity index (χ4v) is 6.00. The van der Waals surface area contributed by atoms with Gasteiger partial charge < -0.3 is 0 Å². The molecule has 0 saturated heterocycles. The maximum absolute atomic E-state index is 2.62. The van der Waals surface area contributed by atoms with E-state index in [0.29, 0.717) is 5.56 Å². The van der Waals surface area contributed by atoms with E-state index in [0.717, 1.165) is 5.92 Å². The molecule has 0 fully saturated rings. The third-order valence-electron chi connectivity index (χ3n) is 1.03. The summed E-state index contributed by atoms with van der Waals surface area (Å²) in [6.07, 6.45) is 4.26. The van der Waals surface area contributed by atoms with Crippen LogP contribution < -0.4 is 0 Å². The lowest BCUT2D eigenvalue weighted by Gasteiger charge is -2.10. The van der Waals surface area contributed by atoms with Gasteiger partial charge in [0, 0.05) is 0 Å². The summed E-state index contributed by atoms with van der Waals surface area (Å²) in [5.74, 6) is 0.902. The molecule has 0 aromatic carbocycles. The Labute approximate surface area is 73.0 Å². The van der Waals surface area contributed by atoms with E-state index in [9.17, 15) is 0 Å². The van der Waals surface area contributed by atoms with Gasteiger partial charge in [0.1, 0.15) is 0 Å². The Bertz CT molecular complexity index is 63.9. The fraction of sp³-hybridized carbons (Fsp3) is 1.00. The zero-order valence-corrected chi connectivity index (χ0v) is 9.58. The molecule has 1 atom stereocenters. The third kappa shape index (κ3) is 7.05. The molecular formula is C7H16IP. The van der Waals surface area contributed by atoms with Gasteiger partial charge in [-0.3, -0.25) is 0 Å². The van der Waals surface area contributed by atoms with Crippen LogP contribution in [0.15, 0.2) is 0 Å². The molecule has 0 spiro atoms. The van der Waals surface area contributed by atoms with Gasteiger partial charge in [-0.2, -0.15) is 0 Å². The molecule has 0 aliphatic rings. The van der Waals surface area contributed by atoms with E-state index in [-0.39, 0.29) is 0 Å². The van der Waals surface area contributed by atoms with Crippen molar-refractivity contribution in [3.63, 3.8) is 0 Å². The lowest BCUT2D eigenvalue weighted by Crippen LogP contribution is -1.92. The van der Waals surface area contributed by atoms with Crippen LogP contribution in [0.2, 0.25) is 0 Å². The summed E-state index contributed by atoms with van der Waals surface area (Å²) in [4.78, 5) is 0. The Hall–Kier alpha value is 1.16. The Morgan fingerprint density at radius 1 is 1.44 bits per heavy atom. The van der Waals surface area contributed by atoms with Gasteiger partial charge in [0.15, 0.2) is 0 Å². The predicted octanol–water partition coefficient (Wildman–Crippen LogP) is 3.88. The fourth-order valence-electron chi connectivity index (χ4n) is 0.730. The van der Waals surface area contributed by atoms with Gasteiger partial charge in [-0.25, -0.2) is 0 Å². The molecule has 1 unspecified atom stereocenters. The minimum atomic E-state index is 0.350. The van der Waals surface area contributed by atoms with Crippen molar-refractivity contribution in [1.29, 1.82) is 0 Å². The molecule has 0 radical (unpaired) electrons. The molecule has 0 bridgehead atoms. The van der Waals surface area contributed by atoms with Crippen molar-refractivity contribution < 1.29 is 0 Å². The van der Waals surface area contributed by atoms with Crippen LogP contribution in [-0.2, 0) is 0 Å². The monoisotopic (exact) mass is 258 g/mol. The van der Waals surface area contributed by atoms with Crippen LogP contribution >= 0.6 is 27.6 Å². The van der Waals surface area contributed by atoms with Gasteiger partial charge in [-0.1, -0.05) is 49.2 Å². The number of halogens is 1. The molecule has 0 aliphatic carbocycles. The van der Waals surface area contributed by atoms with E-state index in [4.69, 9.17) is 0 Å². The number of rotatable bonds is 4. The van der Waals surface area contributed by atoms with E-state index >= 15 is 0 Å². The lowest BCUT2D eigenvalue weighted by molar-refractivity contribution is 0.746. The van der Waals surface area contributed by atoms with Gasteiger partial charge in [-0.15, -0.1) is 0 Å². The first-order valence-corrected chi connectivity index (χ1v) is 8.07. The molecule has 56 valence electrons. The maximum Gasteiger partial charge on any atom is -0.0212 e. The molecule has 0 aromatic rings. The Kier molecular flexibility index (Phi) is 6.67. The van der Waals surface area contributed by atoms with Gasteiger partial charge in [0.05, 0.1) is 0 Å². The highest BCUT2D eigenvalue weighted by Crippen LogP contribution is 2.46. The van der Waals surface area contributed by atoms with Crippen LogP contribution in [0.4, 0.5) is 0 Å². The molecule has 0 aliphatic heterocycles. The standard InChI is InChI=1S/C7H16IP/c1-4-5-9(8)6-7(2)3/h7H,4-6H2,1-3H3. The van der Waals surface area contributed by atoms with Crippen LogP contribution in [0, 0.1) is 5.92 Å². The zero-order chi connectivity index (χ0) is 7.28. The third-order valence-corrected chi connectivity index (χ3v) is 5.72. The molecule has 0 heterocycles. The minimum absolute atomic E-state index is 0.350. The van der Waals surface area contributed by atoms with Crippen LogP contribution in [0.3, 0.4) is 0 Å². The zero-order valence-electron chi connectivity index (χ0n) is 6.52. The van der Waals surface area contributed by atoms with Crippen LogP contribution in [0.25, 0.3) is 0 Å². The van der Waals surface area contributed by atoms with Crippen LogP contribution in [-0.4, -0.2) is 12.3 Å². The normalized spacial score (nSPS) is 14.3. The van der Waals surface area contributed by atoms with Crippen molar-refractivity contribution >= 4 is 27.6 Å². The first kappa shape index (κ1) is 10.2. The van der Waals surface area contributed by atoms with E-state index in [1.54, 1.807) is 0 Å². The Morgan fingerprint density at radius 2 is 2.00 bits per heavy atom. The van der Waals surface area contributed by atoms with Gasteiger partial charge >= 0.3 is 0 Å². The summed E-state index contributed by atoms with van der Waals surface area (Å²) in [5, 5.41) is 0. The van der Waals surface area contributed by atoms with Gasteiger partial charge in [0.25, 0.3) is 0 Å². The average Bonchev–Trinajstić information content (AvgIpc) is 1.63. The summed E-state index contributed by atoms with van der Waals surface area (Å²) >= 11 is 2.62. The summed E-state index contributed by atoms with van der Waals surface area (Å²) in [6, 6.07) is 0. The predicted molar refractivity (Wildman–Crippen MR) is 55.8 cm³/mol. The summed E-state index contributed by atoms with van der Waals surface area (Å²) < 4.78 is 0. The minimum Gasteiger partial charge on any atom is -0.0650 e. The molecule has 0 aromatic heterocycles. The van der Waals surface area contributed by atoms with Crippen molar-refractivity contribution in [3.8, 4) is 0 Å². The molecule has 2 heteroatoms. The van der Waals surface area contributed by atoms with Crippen LogP contribution in [0.5, 0.6) is 0 Å². The second-order valence-corrected chi connectivity index (χ2v) is 8.59. The molecule has 0 amide bonds. The topological polar surface area (TPSA) is 0 Å². The molecule has 9 heavy (non-hydrogen) atoms. The number of hydrogen-bond donors (Lipinski definition) is 0. The van der Waals surface area contributed by atoms with E-state index in [2.05, 4.69) is 42.8 Å². The van der Waals surface area contributed by atoms with Crippen molar-refractivity contribution in [3.05, 3.63) is 0 Å². The lowest BCUT2D eigenvalue weighted by atomic mass is 10.3. The molecule has 0 saturated carbocycles. The molecule has 0 N–H and O–H groups in total. The Morgan fingerprint density at radius 3 is 2.33 bits per heavy atom. The maximum atomic E-state index is 2.62. The highest BCUT2D eigenvalue weighted by Gasteiger charge is 2.03. The average molecular weight is 258 g/mol. The first-order chi connectivity index (χ1) is 4.16. The summed E-state index contributed by atoms with van der Waals surface area (Å²) in [5.41, 5.74) is 0.350. The first-order valence-electron chi connectivity index (χ1n) is 3.57. The number of hydrogen-bond acceptors (Lipinski definition) is 0. The van der Waals surface area contributed by atoms with E-state index in [1.165, 1.54) is 18.7 Å². The second-order valence-electron chi connectivity index (χ2n) is 2.76. The van der Waals surface area contributed by atoms with E-state index < -0.39 is 0 Å². The second kappa shape index (κ2) is 5.91. The molecule has 0 rings (SSSR count). The molecular weight excluding hydrogens is 242 g/mol. The largest absolute Gasteiger partial charge is 0.0650 e. The summed E-state index contributed by atoms with van der Waals surface area (Å²) in [7, 11) is 0.